The SMILES string of the molecule is COc1cc(O)cc2c1C(C)=C(c1ccccc1)C(=O)C2. The van der Waals surface area contributed by atoms with E-state index in [0.29, 0.717) is 5.75 Å². The predicted molar refractivity (Wildman–Crippen MR) is 82.3 cm³/mol. The summed E-state index contributed by atoms with van der Waals surface area (Å²) in [4.78, 5) is 12.5. The van der Waals surface area contributed by atoms with Crippen molar-refractivity contribution in [1.82, 2.24) is 0 Å². The number of carbonyl (C=O) groups excluding carboxylic acids is 1. The number of allylic oxidation sites excluding steroid dienone is 2. The lowest BCUT2D eigenvalue weighted by atomic mass is 9.82. The van der Waals surface area contributed by atoms with Gasteiger partial charge in [-0.25, -0.2) is 0 Å². The lowest BCUT2D eigenvalue weighted by Crippen LogP contribution is -2.15. The molecular weight excluding hydrogens is 264 g/mol. The number of Topliss-reactive ketones (excluding diaryl/α,β-unsaturated/α-hetero) is 1. The van der Waals surface area contributed by atoms with Crippen LogP contribution in [0.1, 0.15) is 23.6 Å². The molecule has 0 amide bonds. The molecule has 2 aromatic rings. The van der Waals surface area contributed by atoms with Crippen LogP contribution in [0, 0.1) is 0 Å². The second-order valence-corrected chi connectivity index (χ2v) is 5.15. The minimum atomic E-state index is 0.0684. The summed E-state index contributed by atoms with van der Waals surface area (Å²) in [6.45, 7) is 1.93. The van der Waals surface area contributed by atoms with Crippen LogP contribution in [0.25, 0.3) is 11.1 Å². The van der Waals surface area contributed by atoms with Gasteiger partial charge in [-0.1, -0.05) is 30.3 Å². The smallest absolute Gasteiger partial charge is 0.168 e. The molecule has 1 N–H and O–H groups in total. The van der Waals surface area contributed by atoms with Crippen molar-refractivity contribution in [2.75, 3.05) is 7.11 Å². The Morgan fingerprint density at radius 2 is 1.86 bits per heavy atom. The first-order valence-corrected chi connectivity index (χ1v) is 6.81. The largest absolute Gasteiger partial charge is 0.508 e. The second-order valence-electron chi connectivity index (χ2n) is 5.15. The molecule has 106 valence electrons. The fourth-order valence-electron chi connectivity index (χ4n) is 2.96. The normalized spacial score (nSPS) is 14.1. The van der Waals surface area contributed by atoms with Crippen molar-refractivity contribution in [3.63, 3.8) is 0 Å². The van der Waals surface area contributed by atoms with Gasteiger partial charge in [0.05, 0.1) is 7.11 Å². The van der Waals surface area contributed by atoms with Crippen LogP contribution in [0.3, 0.4) is 0 Å². The highest BCUT2D eigenvalue weighted by Gasteiger charge is 2.27. The Morgan fingerprint density at radius 1 is 1.14 bits per heavy atom. The molecule has 1 aliphatic carbocycles. The van der Waals surface area contributed by atoms with E-state index in [1.54, 1.807) is 19.2 Å². The van der Waals surface area contributed by atoms with Crippen molar-refractivity contribution in [1.29, 1.82) is 0 Å². The van der Waals surface area contributed by atoms with Gasteiger partial charge in [0.25, 0.3) is 0 Å². The molecule has 0 unspecified atom stereocenters. The van der Waals surface area contributed by atoms with Gasteiger partial charge in [0, 0.05) is 23.6 Å². The first kappa shape index (κ1) is 13.4. The van der Waals surface area contributed by atoms with Crippen molar-refractivity contribution < 1.29 is 14.6 Å². The Bertz CT molecular complexity index is 743. The summed E-state index contributed by atoms with van der Waals surface area (Å²) in [5, 5.41) is 9.75. The van der Waals surface area contributed by atoms with Crippen LogP contribution in [0.15, 0.2) is 42.5 Å². The number of ether oxygens (including phenoxy) is 1. The van der Waals surface area contributed by atoms with Crippen LogP contribution in [-0.2, 0) is 11.2 Å². The minimum Gasteiger partial charge on any atom is -0.508 e. The first-order chi connectivity index (χ1) is 10.1. The molecule has 0 aromatic heterocycles. The van der Waals surface area contributed by atoms with E-state index in [9.17, 15) is 9.90 Å². The molecule has 0 heterocycles. The van der Waals surface area contributed by atoms with Gasteiger partial charge < -0.3 is 9.84 Å². The number of fused-ring (bicyclic) bond motifs is 1. The van der Waals surface area contributed by atoms with Gasteiger partial charge in [0.15, 0.2) is 5.78 Å². The topological polar surface area (TPSA) is 46.5 Å². The van der Waals surface area contributed by atoms with Crippen LogP contribution in [-0.4, -0.2) is 18.0 Å². The van der Waals surface area contributed by atoms with E-state index < -0.39 is 0 Å². The monoisotopic (exact) mass is 280 g/mol. The number of ketones is 1. The fraction of sp³-hybridized carbons (Fsp3) is 0.167. The lowest BCUT2D eigenvalue weighted by molar-refractivity contribution is -0.113. The van der Waals surface area contributed by atoms with Crippen LogP contribution in [0.4, 0.5) is 0 Å². The Morgan fingerprint density at radius 3 is 2.52 bits per heavy atom. The van der Waals surface area contributed by atoms with Crippen molar-refractivity contribution in [2.24, 2.45) is 0 Å². The fourth-order valence-corrected chi connectivity index (χ4v) is 2.96. The van der Waals surface area contributed by atoms with E-state index in [4.69, 9.17) is 4.74 Å². The summed E-state index contributed by atoms with van der Waals surface area (Å²) >= 11 is 0. The molecule has 0 radical (unpaired) electrons. The third-order valence-electron chi connectivity index (χ3n) is 3.83. The van der Waals surface area contributed by atoms with Gasteiger partial charge in [-0.15, -0.1) is 0 Å². The number of hydrogen-bond donors (Lipinski definition) is 1. The van der Waals surface area contributed by atoms with Gasteiger partial charge in [-0.05, 0) is 29.7 Å². The molecule has 21 heavy (non-hydrogen) atoms. The summed E-state index contributed by atoms with van der Waals surface area (Å²) in [5.74, 6) is 0.789. The van der Waals surface area contributed by atoms with Crippen molar-refractivity contribution in [3.8, 4) is 11.5 Å². The zero-order chi connectivity index (χ0) is 15.0. The summed E-state index contributed by atoms with van der Waals surface area (Å²) in [6.07, 6.45) is 0.279. The zero-order valence-electron chi connectivity index (χ0n) is 12.0. The van der Waals surface area contributed by atoms with E-state index in [-0.39, 0.29) is 18.0 Å². The van der Waals surface area contributed by atoms with Crippen molar-refractivity contribution in [2.45, 2.75) is 13.3 Å². The average molecular weight is 280 g/mol. The number of hydrogen-bond acceptors (Lipinski definition) is 3. The molecule has 0 fully saturated rings. The molecular formula is C18H16O3. The molecule has 3 heteroatoms. The molecule has 3 rings (SSSR count). The Balaban J connectivity index is 2.27. The Hall–Kier alpha value is -2.55. The zero-order valence-corrected chi connectivity index (χ0v) is 12.0. The number of benzene rings is 2. The molecule has 0 spiro atoms. The number of aromatic hydroxyl groups is 1. The first-order valence-electron chi connectivity index (χ1n) is 6.81. The number of phenols is 1. The number of rotatable bonds is 2. The highest BCUT2D eigenvalue weighted by molar-refractivity contribution is 6.30. The maximum atomic E-state index is 12.5. The van der Waals surface area contributed by atoms with E-state index >= 15 is 0 Å². The molecule has 3 nitrogen and oxygen atoms in total. The standard InChI is InChI=1S/C18H16O3/c1-11-17(12-6-4-3-5-7-12)15(20)9-13-8-14(19)10-16(21-2)18(11)13/h3-8,10,19H,9H2,1-2H3. The third-order valence-corrected chi connectivity index (χ3v) is 3.83. The molecule has 0 bridgehead atoms. The Kier molecular flexibility index (Phi) is 3.26. The lowest BCUT2D eigenvalue weighted by Gasteiger charge is -2.23. The predicted octanol–water partition coefficient (Wildman–Crippen LogP) is 3.46. The van der Waals surface area contributed by atoms with Crippen LogP contribution < -0.4 is 4.74 Å². The maximum absolute atomic E-state index is 12.5. The van der Waals surface area contributed by atoms with Gasteiger partial charge in [0.1, 0.15) is 11.5 Å². The highest BCUT2D eigenvalue weighted by Crippen LogP contribution is 2.41. The van der Waals surface area contributed by atoms with Gasteiger partial charge >= 0.3 is 0 Å². The van der Waals surface area contributed by atoms with E-state index in [2.05, 4.69) is 0 Å². The van der Waals surface area contributed by atoms with Gasteiger partial charge in [0.2, 0.25) is 0 Å². The molecule has 0 aliphatic heterocycles. The Labute approximate surface area is 123 Å². The van der Waals surface area contributed by atoms with Crippen molar-refractivity contribution in [3.05, 3.63) is 59.2 Å². The average Bonchev–Trinajstić information content (AvgIpc) is 2.47. The van der Waals surface area contributed by atoms with E-state index in [1.165, 1.54) is 0 Å². The molecule has 1 aliphatic rings. The minimum absolute atomic E-state index is 0.0684. The summed E-state index contributed by atoms with van der Waals surface area (Å²) < 4.78 is 5.38. The molecule has 0 atom stereocenters. The summed E-state index contributed by atoms with van der Waals surface area (Å²) in [6, 6.07) is 12.9. The quantitative estimate of drug-likeness (QED) is 0.916. The van der Waals surface area contributed by atoms with Gasteiger partial charge in [-0.3, -0.25) is 4.79 Å². The molecule has 0 saturated carbocycles. The van der Waals surface area contributed by atoms with Gasteiger partial charge in [-0.2, -0.15) is 0 Å². The van der Waals surface area contributed by atoms with Crippen LogP contribution in [0.5, 0.6) is 11.5 Å². The van der Waals surface area contributed by atoms with Crippen LogP contribution in [0.2, 0.25) is 0 Å². The highest BCUT2D eigenvalue weighted by atomic mass is 16.5. The van der Waals surface area contributed by atoms with E-state index in [1.807, 2.05) is 37.3 Å². The molecule has 2 aromatic carbocycles. The number of carbonyl (C=O) groups is 1. The summed E-state index contributed by atoms with van der Waals surface area (Å²) in [5.41, 5.74) is 4.26. The number of phenolic OH excluding ortho intramolecular Hbond substituents is 1. The second kappa shape index (κ2) is 5.09. The van der Waals surface area contributed by atoms with Crippen LogP contribution >= 0.6 is 0 Å². The van der Waals surface area contributed by atoms with Crippen molar-refractivity contribution >= 4 is 16.9 Å². The maximum Gasteiger partial charge on any atom is 0.168 e. The summed E-state index contributed by atoms with van der Waals surface area (Å²) in [7, 11) is 1.57. The molecule has 0 saturated heterocycles. The van der Waals surface area contributed by atoms with E-state index in [0.717, 1.165) is 27.8 Å². The third kappa shape index (κ3) is 2.21. The number of methoxy groups -OCH3 is 1.